The van der Waals surface area contributed by atoms with Gasteiger partial charge in [0.2, 0.25) is 0 Å². The smallest absolute Gasteiger partial charge is 0.303 e. The van der Waals surface area contributed by atoms with Gasteiger partial charge in [0.1, 0.15) is 5.75 Å². The third-order valence-corrected chi connectivity index (χ3v) is 3.05. The molecule has 1 aliphatic rings. The van der Waals surface area contributed by atoms with Crippen LogP contribution in [-0.4, -0.2) is 17.7 Å². The molecule has 0 spiro atoms. The Morgan fingerprint density at radius 1 is 1.50 bits per heavy atom. The van der Waals surface area contributed by atoms with E-state index >= 15 is 0 Å². The maximum absolute atomic E-state index is 10.5. The van der Waals surface area contributed by atoms with Gasteiger partial charge in [0.25, 0.3) is 0 Å². The number of carboxylic acids is 1. The second kappa shape index (κ2) is 4.56. The van der Waals surface area contributed by atoms with Crippen LogP contribution < -0.4 is 4.74 Å². The first kappa shape index (κ1) is 11.0. The maximum Gasteiger partial charge on any atom is 0.303 e. The SMILES string of the molecule is Cc1ccc2c(c1CCCC(=O)O)CCO2. The summed E-state index contributed by atoms with van der Waals surface area (Å²) < 4.78 is 5.51. The lowest BCUT2D eigenvalue weighted by atomic mass is 9.95. The minimum Gasteiger partial charge on any atom is -0.493 e. The molecule has 0 radical (unpaired) electrons. The van der Waals surface area contributed by atoms with Crippen molar-refractivity contribution in [2.75, 3.05) is 6.61 Å². The first-order chi connectivity index (χ1) is 7.68. The number of benzene rings is 1. The predicted molar refractivity (Wildman–Crippen MR) is 61.0 cm³/mol. The molecule has 0 fully saturated rings. The van der Waals surface area contributed by atoms with E-state index in [0.717, 1.165) is 25.2 Å². The number of carboxylic acid groups (broad SMARTS) is 1. The van der Waals surface area contributed by atoms with Crippen LogP contribution in [0.25, 0.3) is 0 Å². The van der Waals surface area contributed by atoms with Gasteiger partial charge in [-0.1, -0.05) is 6.07 Å². The molecule has 1 aromatic carbocycles. The van der Waals surface area contributed by atoms with E-state index in [1.807, 2.05) is 6.07 Å². The second-order valence-electron chi connectivity index (χ2n) is 4.18. The van der Waals surface area contributed by atoms with Crippen LogP contribution in [0.5, 0.6) is 5.75 Å². The third kappa shape index (κ3) is 2.18. The van der Waals surface area contributed by atoms with E-state index < -0.39 is 5.97 Å². The quantitative estimate of drug-likeness (QED) is 0.847. The van der Waals surface area contributed by atoms with Gasteiger partial charge >= 0.3 is 5.97 Å². The molecular weight excluding hydrogens is 204 g/mol. The molecule has 1 aliphatic heterocycles. The van der Waals surface area contributed by atoms with Crippen LogP contribution in [0, 0.1) is 6.92 Å². The van der Waals surface area contributed by atoms with Crippen molar-refractivity contribution in [3.63, 3.8) is 0 Å². The van der Waals surface area contributed by atoms with Gasteiger partial charge in [0, 0.05) is 18.4 Å². The third-order valence-electron chi connectivity index (χ3n) is 3.05. The molecule has 0 saturated carbocycles. The van der Waals surface area contributed by atoms with Gasteiger partial charge in [-0.25, -0.2) is 0 Å². The lowest BCUT2D eigenvalue weighted by molar-refractivity contribution is -0.137. The number of fused-ring (bicyclic) bond motifs is 1. The van der Waals surface area contributed by atoms with Gasteiger partial charge in [0.05, 0.1) is 6.61 Å². The molecule has 0 atom stereocenters. The summed E-state index contributed by atoms with van der Waals surface area (Å²) >= 11 is 0. The summed E-state index contributed by atoms with van der Waals surface area (Å²) in [6, 6.07) is 4.07. The van der Waals surface area contributed by atoms with Crippen molar-refractivity contribution < 1.29 is 14.6 Å². The Hall–Kier alpha value is -1.51. The van der Waals surface area contributed by atoms with Gasteiger partial charge in [-0.05, 0) is 37.0 Å². The summed E-state index contributed by atoms with van der Waals surface area (Å²) in [5, 5.41) is 8.63. The maximum atomic E-state index is 10.5. The molecule has 16 heavy (non-hydrogen) atoms. The van der Waals surface area contributed by atoms with Crippen LogP contribution in [0.15, 0.2) is 12.1 Å². The average molecular weight is 220 g/mol. The zero-order chi connectivity index (χ0) is 11.5. The Morgan fingerprint density at radius 3 is 3.06 bits per heavy atom. The normalized spacial score (nSPS) is 13.3. The minimum absolute atomic E-state index is 0.240. The van der Waals surface area contributed by atoms with E-state index in [1.165, 1.54) is 16.7 Å². The van der Waals surface area contributed by atoms with Crippen molar-refractivity contribution in [2.45, 2.75) is 32.6 Å². The fourth-order valence-electron chi connectivity index (χ4n) is 2.23. The van der Waals surface area contributed by atoms with Gasteiger partial charge < -0.3 is 9.84 Å². The number of ether oxygens (including phenoxy) is 1. The Kier molecular flexibility index (Phi) is 3.13. The average Bonchev–Trinajstić information content (AvgIpc) is 2.69. The van der Waals surface area contributed by atoms with E-state index in [4.69, 9.17) is 9.84 Å². The number of aryl methyl sites for hydroxylation is 1. The molecule has 0 aromatic heterocycles. The highest BCUT2D eigenvalue weighted by Crippen LogP contribution is 2.31. The number of rotatable bonds is 4. The fourth-order valence-corrected chi connectivity index (χ4v) is 2.23. The number of aliphatic carboxylic acids is 1. The number of hydrogen-bond acceptors (Lipinski definition) is 2. The summed E-state index contributed by atoms with van der Waals surface area (Å²) in [6.07, 6.45) is 2.74. The molecular formula is C13H16O3. The van der Waals surface area contributed by atoms with Crippen LogP contribution >= 0.6 is 0 Å². The lowest BCUT2D eigenvalue weighted by Crippen LogP contribution is -1.99. The largest absolute Gasteiger partial charge is 0.493 e. The van der Waals surface area contributed by atoms with Gasteiger partial charge in [-0.15, -0.1) is 0 Å². The summed E-state index contributed by atoms with van der Waals surface area (Å²) in [5.74, 6) is 0.261. The fraction of sp³-hybridized carbons (Fsp3) is 0.462. The van der Waals surface area contributed by atoms with E-state index in [2.05, 4.69) is 13.0 Å². The Morgan fingerprint density at radius 2 is 2.31 bits per heavy atom. The Bertz CT molecular complexity index is 410. The van der Waals surface area contributed by atoms with Crippen molar-refractivity contribution in [3.05, 3.63) is 28.8 Å². The van der Waals surface area contributed by atoms with E-state index in [1.54, 1.807) is 0 Å². The molecule has 1 heterocycles. The van der Waals surface area contributed by atoms with Crippen molar-refractivity contribution in [2.24, 2.45) is 0 Å². The molecule has 3 heteroatoms. The van der Waals surface area contributed by atoms with Crippen LogP contribution in [0.1, 0.15) is 29.5 Å². The molecule has 86 valence electrons. The van der Waals surface area contributed by atoms with Crippen LogP contribution in [0.3, 0.4) is 0 Å². The number of hydrogen-bond donors (Lipinski definition) is 1. The van der Waals surface area contributed by atoms with Crippen LogP contribution in [0.2, 0.25) is 0 Å². The second-order valence-corrected chi connectivity index (χ2v) is 4.18. The number of carbonyl (C=O) groups is 1. The standard InChI is InChI=1S/C13H16O3/c1-9-5-6-12-11(7-8-16-12)10(9)3-2-4-13(14)15/h5-6H,2-4,7-8H2,1H3,(H,14,15). The monoisotopic (exact) mass is 220 g/mol. The first-order valence-corrected chi connectivity index (χ1v) is 5.64. The summed E-state index contributed by atoms with van der Waals surface area (Å²) in [4.78, 5) is 10.5. The van der Waals surface area contributed by atoms with Crippen molar-refractivity contribution >= 4 is 5.97 Å². The summed E-state index contributed by atoms with van der Waals surface area (Å²) in [7, 11) is 0. The van der Waals surface area contributed by atoms with E-state index in [9.17, 15) is 4.79 Å². The molecule has 0 amide bonds. The molecule has 1 aromatic rings. The summed E-state index contributed by atoms with van der Waals surface area (Å²) in [5.41, 5.74) is 3.82. The topological polar surface area (TPSA) is 46.5 Å². The Balaban J connectivity index is 2.13. The highest BCUT2D eigenvalue weighted by atomic mass is 16.5. The Labute approximate surface area is 95.0 Å². The van der Waals surface area contributed by atoms with Gasteiger partial charge in [0.15, 0.2) is 0 Å². The summed E-state index contributed by atoms with van der Waals surface area (Å²) in [6.45, 7) is 2.83. The van der Waals surface area contributed by atoms with E-state index in [-0.39, 0.29) is 6.42 Å². The zero-order valence-electron chi connectivity index (χ0n) is 9.45. The molecule has 3 nitrogen and oxygen atoms in total. The molecule has 1 N–H and O–H groups in total. The molecule has 0 aliphatic carbocycles. The highest BCUT2D eigenvalue weighted by Gasteiger charge is 2.17. The van der Waals surface area contributed by atoms with Crippen LogP contribution in [0.4, 0.5) is 0 Å². The molecule has 2 rings (SSSR count). The van der Waals surface area contributed by atoms with Crippen molar-refractivity contribution in [3.8, 4) is 5.75 Å². The van der Waals surface area contributed by atoms with Crippen LogP contribution in [-0.2, 0) is 17.6 Å². The predicted octanol–water partition coefficient (Wildman–Crippen LogP) is 2.34. The minimum atomic E-state index is -0.721. The molecule has 0 unspecified atom stereocenters. The molecule has 0 saturated heterocycles. The van der Waals surface area contributed by atoms with Gasteiger partial charge in [-0.3, -0.25) is 4.79 Å². The molecule has 0 bridgehead atoms. The van der Waals surface area contributed by atoms with Crippen molar-refractivity contribution in [1.29, 1.82) is 0 Å². The van der Waals surface area contributed by atoms with Crippen molar-refractivity contribution in [1.82, 2.24) is 0 Å². The lowest BCUT2D eigenvalue weighted by Gasteiger charge is -2.10. The highest BCUT2D eigenvalue weighted by molar-refractivity contribution is 5.66. The van der Waals surface area contributed by atoms with E-state index in [0.29, 0.717) is 6.42 Å². The zero-order valence-corrected chi connectivity index (χ0v) is 9.45. The van der Waals surface area contributed by atoms with Gasteiger partial charge in [-0.2, -0.15) is 0 Å². The first-order valence-electron chi connectivity index (χ1n) is 5.64.